The minimum Gasteiger partial charge on any atom is -0.365 e. The maximum atomic E-state index is 12.5. The van der Waals surface area contributed by atoms with Crippen LogP contribution in [0.5, 0.6) is 0 Å². The van der Waals surface area contributed by atoms with E-state index in [-0.39, 0.29) is 18.3 Å². The summed E-state index contributed by atoms with van der Waals surface area (Å²) in [5, 5.41) is 3.44. The molecule has 152 valence electrons. The van der Waals surface area contributed by atoms with Crippen LogP contribution < -0.4 is 11.1 Å². The number of nitrogens with two attached hydrogens (primary N) is 1. The van der Waals surface area contributed by atoms with Crippen LogP contribution in [0.15, 0.2) is 46.3 Å². The Balaban J connectivity index is 0.00000240. The smallest absolute Gasteiger partial charge is 0.266 e. The molecule has 1 aromatic carbocycles. The standard InChI is InChI=1S/C20H18BrN3O2S2.ClH/c21-16-7-6-14(27-16)19(26)23-20-17(18(22)25)13-8-9-24(11-15(13)28-20)10-12-4-2-1-3-5-12;/h1-7H,8-11H2,(H2,22,25)(H,23,26);1H. The van der Waals surface area contributed by atoms with Crippen molar-refractivity contribution in [2.24, 2.45) is 5.73 Å². The Labute approximate surface area is 191 Å². The topological polar surface area (TPSA) is 75.4 Å². The Morgan fingerprint density at radius 1 is 1.14 bits per heavy atom. The molecule has 1 aliphatic rings. The monoisotopic (exact) mass is 511 g/mol. The highest BCUT2D eigenvalue weighted by atomic mass is 79.9. The maximum absolute atomic E-state index is 12.5. The second kappa shape index (κ2) is 9.40. The lowest BCUT2D eigenvalue weighted by atomic mass is 10.0. The van der Waals surface area contributed by atoms with Gasteiger partial charge in [-0.2, -0.15) is 0 Å². The molecular formula is C20H19BrClN3O2S2. The Kier molecular flexibility index (Phi) is 7.13. The molecule has 0 spiro atoms. The van der Waals surface area contributed by atoms with Crippen LogP contribution in [0, 0.1) is 0 Å². The zero-order valence-corrected chi connectivity index (χ0v) is 19.3. The highest BCUT2D eigenvalue weighted by molar-refractivity contribution is 9.11. The molecule has 3 heterocycles. The first kappa shape index (κ1) is 22.0. The summed E-state index contributed by atoms with van der Waals surface area (Å²) in [6, 6.07) is 13.9. The minimum absolute atomic E-state index is 0. The summed E-state index contributed by atoms with van der Waals surface area (Å²) in [4.78, 5) is 28.7. The molecule has 0 saturated carbocycles. The highest BCUT2D eigenvalue weighted by Crippen LogP contribution is 2.37. The predicted octanol–water partition coefficient (Wildman–Crippen LogP) is 4.90. The number of benzene rings is 1. The average Bonchev–Trinajstić information content (AvgIpc) is 3.25. The van der Waals surface area contributed by atoms with E-state index >= 15 is 0 Å². The van der Waals surface area contributed by atoms with Gasteiger partial charge in [-0.25, -0.2) is 0 Å². The fourth-order valence-corrected chi connectivity index (χ4v) is 5.95. The van der Waals surface area contributed by atoms with Crippen LogP contribution in [0.25, 0.3) is 0 Å². The van der Waals surface area contributed by atoms with Crippen LogP contribution in [-0.2, 0) is 19.5 Å². The molecule has 3 N–H and O–H groups in total. The molecule has 4 rings (SSSR count). The van der Waals surface area contributed by atoms with E-state index in [1.54, 1.807) is 6.07 Å². The number of thiophene rings is 2. The molecule has 0 bridgehead atoms. The van der Waals surface area contributed by atoms with Gasteiger partial charge in [-0.3, -0.25) is 14.5 Å². The Bertz CT molecular complexity index is 1040. The van der Waals surface area contributed by atoms with Gasteiger partial charge in [0.2, 0.25) is 0 Å². The first-order valence-corrected chi connectivity index (χ1v) is 11.2. The largest absolute Gasteiger partial charge is 0.365 e. The second-order valence-electron chi connectivity index (χ2n) is 6.58. The Morgan fingerprint density at radius 2 is 1.90 bits per heavy atom. The molecule has 0 unspecified atom stereocenters. The van der Waals surface area contributed by atoms with Gasteiger partial charge >= 0.3 is 0 Å². The van der Waals surface area contributed by atoms with Crippen molar-refractivity contribution in [2.75, 3.05) is 11.9 Å². The second-order valence-corrected chi connectivity index (χ2v) is 10.1. The number of rotatable bonds is 5. The van der Waals surface area contributed by atoms with Crippen LogP contribution in [0.3, 0.4) is 0 Å². The van der Waals surface area contributed by atoms with Crippen molar-refractivity contribution >= 4 is 67.8 Å². The van der Waals surface area contributed by atoms with E-state index in [2.05, 4.69) is 38.3 Å². The number of fused-ring (bicyclic) bond motifs is 1. The van der Waals surface area contributed by atoms with Gasteiger partial charge in [0, 0.05) is 24.5 Å². The molecule has 0 radical (unpaired) electrons. The van der Waals surface area contributed by atoms with Crippen LogP contribution in [0.4, 0.5) is 5.00 Å². The SMILES string of the molecule is Cl.NC(=O)c1c(NC(=O)c2ccc(Br)s2)sc2c1CCN(Cc1ccccc1)C2. The average molecular weight is 513 g/mol. The number of nitrogens with one attached hydrogen (secondary N) is 1. The lowest BCUT2D eigenvalue weighted by molar-refractivity contribution is 0.0999. The summed E-state index contributed by atoms with van der Waals surface area (Å²) in [5.41, 5.74) is 8.35. The fraction of sp³-hybridized carbons (Fsp3) is 0.200. The summed E-state index contributed by atoms with van der Waals surface area (Å²) in [7, 11) is 0. The first-order valence-electron chi connectivity index (χ1n) is 8.78. The van der Waals surface area contributed by atoms with Gasteiger partial charge in [0.15, 0.2) is 0 Å². The van der Waals surface area contributed by atoms with Crippen molar-refractivity contribution in [3.05, 3.63) is 72.7 Å². The molecule has 2 aromatic heterocycles. The van der Waals surface area contributed by atoms with Gasteiger partial charge in [0.1, 0.15) is 5.00 Å². The summed E-state index contributed by atoms with van der Waals surface area (Å²) in [6.45, 7) is 2.45. The number of anilines is 1. The highest BCUT2D eigenvalue weighted by Gasteiger charge is 2.28. The van der Waals surface area contributed by atoms with Gasteiger partial charge in [0.25, 0.3) is 11.8 Å². The first-order chi connectivity index (χ1) is 13.5. The van der Waals surface area contributed by atoms with Crippen LogP contribution >= 0.6 is 51.0 Å². The molecule has 0 saturated heterocycles. The summed E-state index contributed by atoms with van der Waals surface area (Å²) < 4.78 is 0.884. The van der Waals surface area contributed by atoms with E-state index in [0.717, 1.165) is 40.3 Å². The number of carbonyl (C=O) groups excluding carboxylic acids is 2. The number of carbonyl (C=O) groups is 2. The van der Waals surface area contributed by atoms with Crippen LogP contribution in [0.1, 0.15) is 36.0 Å². The molecule has 1 aliphatic heterocycles. The number of primary amides is 1. The van der Waals surface area contributed by atoms with Crippen LogP contribution in [-0.4, -0.2) is 23.3 Å². The van der Waals surface area contributed by atoms with E-state index in [1.807, 2.05) is 24.3 Å². The number of halogens is 2. The van der Waals surface area contributed by atoms with Crippen molar-refractivity contribution in [3.8, 4) is 0 Å². The fourth-order valence-electron chi connectivity index (χ4n) is 3.38. The lowest BCUT2D eigenvalue weighted by Crippen LogP contribution is -2.30. The van der Waals surface area contributed by atoms with Crippen molar-refractivity contribution < 1.29 is 9.59 Å². The Morgan fingerprint density at radius 3 is 2.55 bits per heavy atom. The van der Waals surface area contributed by atoms with Gasteiger partial charge in [-0.15, -0.1) is 35.1 Å². The minimum atomic E-state index is -0.489. The third kappa shape index (κ3) is 4.90. The number of nitrogens with zero attached hydrogens (tertiary/aromatic N) is 1. The number of hydrogen-bond donors (Lipinski definition) is 2. The van der Waals surface area contributed by atoms with Crippen molar-refractivity contribution in [1.82, 2.24) is 4.90 Å². The normalized spacial score (nSPS) is 13.4. The molecule has 0 atom stereocenters. The van der Waals surface area contributed by atoms with Gasteiger partial charge < -0.3 is 11.1 Å². The molecular weight excluding hydrogens is 494 g/mol. The van der Waals surface area contributed by atoms with Gasteiger partial charge in [-0.1, -0.05) is 30.3 Å². The number of amides is 2. The lowest BCUT2D eigenvalue weighted by Gasteiger charge is -2.27. The molecule has 29 heavy (non-hydrogen) atoms. The predicted molar refractivity (Wildman–Crippen MR) is 124 cm³/mol. The summed E-state index contributed by atoms with van der Waals surface area (Å²) in [6.07, 6.45) is 0.747. The third-order valence-corrected chi connectivity index (χ3v) is 7.41. The zero-order chi connectivity index (χ0) is 19.7. The molecule has 3 aromatic rings. The van der Waals surface area contributed by atoms with Crippen molar-refractivity contribution in [1.29, 1.82) is 0 Å². The molecule has 9 heteroatoms. The van der Waals surface area contributed by atoms with Crippen molar-refractivity contribution in [3.63, 3.8) is 0 Å². The quantitative estimate of drug-likeness (QED) is 0.510. The van der Waals surface area contributed by atoms with Crippen LogP contribution in [0.2, 0.25) is 0 Å². The molecule has 5 nitrogen and oxygen atoms in total. The molecule has 2 amide bonds. The maximum Gasteiger partial charge on any atom is 0.266 e. The zero-order valence-electron chi connectivity index (χ0n) is 15.3. The van der Waals surface area contributed by atoms with E-state index in [9.17, 15) is 9.59 Å². The number of hydrogen-bond acceptors (Lipinski definition) is 5. The third-order valence-electron chi connectivity index (χ3n) is 4.66. The molecule has 0 aliphatic carbocycles. The Hall–Kier alpha value is -1.71. The van der Waals surface area contributed by atoms with Gasteiger partial charge in [0.05, 0.1) is 14.2 Å². The van der Waals surface area contributed by atoms with Crippen molar-refractivity contribution in [2.45, 2.75) is 19.5 Å². The van der Waals surface area contributed by atoms with Gasteiger partial charge in [-0.05, 0) is 45.6 Å². The summed E-state index contributed by atoms with van der Waals surface area (Å²) in [5.74, 6) is -0.713. The molecule has 0 fully saturated rings. The van der Waals surface area contributed by atoms with E-state index in [0.29, 0.717) is 15.4 Å². The van der Waals surface area contributed by atoms with E-state index in [4.69, 9.17) is 5.73 Å². The van der Waals surface area contributed by atoms with E-state index in [1.165, 1.54) is 28.2 Å². The summed E-state index contributed by atoms with van der Waals surface area (Å²) >= 11 is 6.17. The van der Waals surface area contributed by atoms with E-state index < -0.39 is 5.91 Å².